The predicted octanol–water partition coefficient (Wildman–Crippen LogP) is 8.02. The molecule has 37 heavy (non-hydrogen) atoms. The summed E-state index contributed by atoms with van der Waals surface area (Å²) < 4.78 is 54.3. The molecule has 4 aliphatic carbocycles. The van der Waals surface area contributed by atoms with Crippen molar-refractivity contribution >= 4 is 0 Å². The number of hydrogen-bond acceptors (Lipinski definition) is 0. The summed E-state index contributed by atoms with van der Waals surface area (Å²) in [6.45, 7) is 0. The van der Waals surface area contributed by atoms with Gasteiger partial charge in [-0.2, -0.15) is 17.6 Å². The van der Waals surface area contributed by atoms with Crippen LogP contribution in [0.1, 0.15) is 0 Å². The number of halogens is 4. The molecule has 0 aromatic carbocycles. The molecule has 6 rings (SSSR count). The van der Waals surface area contributed by atoms with E-state index < -0.39 is 23.3 Å². The second-order valence-electron chi connectivity index (χ2n) is 6.96. The van der Waals surface area contributed by atoms with Crippen molar-refractivity contribution in [1.29, 1.82) is 0 Å². The van der Waals surface area contributed by atoms with E-state index in [-0.39, 0.29) is 21.7 Å². The zero-order valence-electron chi connectivity index (χ0n) is 19.5. The van der Waals surface area contributed by atoms with Crippen LogP contribution in [0.15, 0.2) is 168 Å². The molecule has 0 fully saturated rings. The minimum Gasteiger partial charge on any atom is -0.335 e. The van der Waals surface area contributed by atoms with Crippen molar-refractivity contribution in [2.24, 2.45) is 0 Å². The predicted molar refractivity (Wildman–Crippen MR) is 134 cm³/mol. The second kappa shape index (κ2) is 15.9. The molecule has 0 N–H and O–H groups in total. The fraction of sp³-hybridized carbons (Fsp3) is 0. The molecule has 0 aliphatic heterocycles. The van der Waals surface area contributed by atoms with E-state index >= 15 is 0 Å². The first kappa shape index (κ1) is 29.3. The molecule has 0 atom stereocenters. The van der Waals surface area contributed by atoms with Crippen molar-refractivity contribution in [2.75, 3.05) is 0 Å². The maximum Gasteiger partial charge on any atom is 0.178 e. The molecule has 2 aromatic rings. The largest absolute Gasteiger partial charge is 0.335 e. The molecule has 0 bridgehead atoms. The van der Waals surface area contributed by atoms with E-state index in [1.807, 2.05) is 60.1 Å². The van der Waals surface area contributed by atoms with E-state index in [1.54, 1.807) is 58.2 Å². The van der Waals surface area contributed by atoms with Gasteiger partial charge in [0.15, 0.2) is 35.4 Å². The number of allylic oxidation sites excluding steroid dienone is 12. The van der Waals surface area contributed by atoms with E-state index in [2.05, 4.69) is 11.5 Å². The zero-order chi connectivity index (χ0) is 25.6. The molecule has 0 amide bonds. The van der Waals surface area contributed by atoms with Crippen molar-refractivity contribution in [1.82, 2.24) is 9.13 Å². The first-order valence-electron chi connectivity index (χ1n) is 10.7. The molecule has 2 nitrogen and oxygen atoms in total. The Morgan fingerprint density at radius 1 is 0.486 bits per heavy atom. The van der Waals surface area contributed by atoms with Crippen LogP contribution in [-0.2, 0) is 21.7 Å². The molecule has 2 heterocycles. The Morgan fingerprint density at radius 2 is 0.811 bits per heavy atom. The van der Waals surface area contributed by atoms with Crippen LogP contribution >= 0.6 is 0 Å². The summed E-state index contributed by atoms with van der Waals surface area (Å²) in [5.41, 5.74) is 9.67. The van der Waals surface area contributed by atoms with Gasteiger partial charge in [-0.1, -0.05) is 24.3 Å². The molecule has 182 valence electrons. The topological polar surface area (TPSA) is 9.86 Å². The van der Waals surface area contributed by atoms with Crippen LogP contribution in [0.5, 0.6) is 0 Å². The SMILES string of the molecule is C1=CC=CC=1.C1=CC=CC=1.FC1=C=C(F)[C](n2cccc2)C=C1.FC1=C=C(F)[C](n2cccc2)C=C1.[Ti]. The van der Waals surface area contributed by atoms with Crippen LogP contribution < -0.4 is 0 Å². The van der Waals surface area contributed by atoms with Gasteiger partial charge in [-0.05, 0) is 84.3 Å². The Morgan fingerprint density at radius 3 is 1.05 bits per heavy atom. The Balaban J connectivity index is 0.000000187. The molecule has 0 saturated carbocycles. The summed E-state index contributed by atoms with van der Waals surface area (Å²) in [4.78, 5) is 0. The van der Waals surface area contributed by atoms with Crippen molar-refractivity contribution in [3.63, 3.8) is 0 Å². The Bertz CT molecular complexity index is 1280. The van der Waals surface area contributed by atoms with E-state index in [4.69, 9.17) is 0 Å². The molecule has 7 heteroatoms. The van der Waals surface area contributed by atoms with Gasteiger partial charge in [0, 0.05) is 46.5 Å². The normalized spacial score (nSPS) is 15.9. The molecule has 2 aromatic heterocycles. The molecule has 0 spiro atoms. The van der Waals surface area contributed by atoms with Gasteiger partial charge in [0.2, 0.25) is 0 Å². The van der Waals surface area contributed by atoms with Crippen LogP contribution in [-0.4, -0.2) is 9.13 Å². The van der Waals surface area contributed by atoms with E-state index in [0.717, 1.165) is 0 Å². The summed E-state index contributed by atoms with van der Waals surface area (Å²) >= 11 is 0. The van der Waals surface area contributed by atoms with Crippen molar-refractivity contribution in [3.05, 3.63) is 180 Å². The number of hydrogen-bond donors (Lipinski definition) is 0. The fourth-order valence-electron chi connectivity index (χ4n) is 2.82. The van der Waals surface area contributed by atoms with Crippen LogP contribution in [0.3, 0.4) is 0 Å². The minimum atomic E-state index is -0.687. The Labute approximate surface area is 228 Å². The van der Waals surface area contributed by atoms with Gasteiger partial charge < -0.3 is 9.13 Å². The fourth-order valence-corrected chi connectivity index (χ4v) is 2.82. The first-order chi connectivity index (χ1) is 17.5. The first-order valence-corrected chi connectivity index (χ1v) is 10.7. The summed E-state index contributed by atoms with van der Waals surface area (Å²) in [6, 6.07) is 7.66. The standard InChI is InChI=1S/2C10H6F2N.2C5H4.Ti/c2*11-8-3-4-10(9(12)7-8)13-5-1-2-6-13;2*1-2-4-5-3-1;/h2*1-6H;2*1-4H;. The monoisotopic (exact) mass is 532 g/mol. The number of nitrogens with zero attached hydrogens (tertiary/aromatic N) is 2. The second-order valence-corrected chi connectivity index (χ2v) is 6.96. The average Bonchev–Trinajstić information content (AvgIpc) is 3.69. The third-order valence-electron chi connectivity index (χ3n) is 4.44. The number of aromatic nitrogens is 2. The number of rotatable bonds is 2. The van der Waals surface area contributed by atoms with Gasteiger partial charge in [-0.15, -0.1) is 11.5 Å². The molecule has 0 saturated heterocycles. The minimum absolute atomic E-state index is 0. The van der Waals surface area contributed by atoms with E-state index in [0.29, 0.717) is 12.1 Å². The van der Waals surface area contributed by atoms with Gasteiger partial charge in [-0.25, -0.2) is 0 Å². The van der Waals surface area contributed by atoms with Gasteiger partial charge >= 0.3 is 0 Å². The third kappa shape index (κ3) is 9.90. The summed E-state index contributed by atoms with van der Waals surface area (Å²) in [5, 5.41) is 0. The third-order valence-corrected chi connectivity index (χ3v) is 4.44. The van der Waals surface area contributed by atoms with Crippen molar-refractivity contribution in [3.8, 4) is 0 Å². The molecule has 4 aliphatic rings. The van der Waals surface area contributed by atoms with Crippen molar-refractivity contribution < 1.29 is 39.3 Å². The summed E-state index contributed by atoms with van der Waals surface area (Å²) in [6.07, 6.45) is 27.1. The van der Waals surface area contributed by atoms with Gasteiger partial charge in [-0.3, -0.25) is 0 Å². The van der Waals surface area contributed by atoms with Crippen LogP contribution in [0, 0.1) is 12.1 Å². The van der Waals surface area contributed by atoms with Crippen molar-refractivity contribution in [2.45, 2.75) is 0 Å². The summed E-state index contributed by atoms with van der Waals surface area (Å²) in [5.74, 6) is -2.74. The smallest absolute Gasteiger partial charge is 0.178 e. The van der Waals surface area contributed by atoms with Gasteiger partial charge in [0.05, 0.1) is 0 Å². The maximum absolute atomic E-state index is 13.1. The quantitative estimate of drug-likeness (QED) is 0.211. The molecular weight excluding hydrogens is 512 g/mol. The molecule has 0 unspecified atom stereocenters. The van der Waals surface area contributed by atoms with E-state index in [1.165, 1.54) is 24.3 Å². The van der Waals surface area contributed by atoms with Crippen LogP contribution in [0.4, 0.5) is 17.6 Å². The molecular formula is C30H20F4N2Ti. The van der Waals surface area contributed by atoms with Gasteiger partial charge in [0.1, 0.15) is 0 Å². The van der Waals surface area contributed by atoms with Gasteiger partial charge in [0.25, 0.3) is 0 Å². The summed E-state index contributed by atoms with van der Waals surface area (Å²) in [7, 11) is 0. The average molecular weight is 532 g/mol. The van der Waals surface area contributed by atoms with Crippen LogP contribution in [0.2, 0.25) is 0 Å². The Kier molecular flexibility index (Phi) is 12.6. The van der Waals surface area contributed by atoms with E-state index in [9.17, 15) is 17.6 Å². The molecule has 2 radical (unpaired) electrons. The maximum atomic E-state index is 13.1. The zero-order valence-corrected chi connectivity index (χ0v) is 21.0. The Hall–Kier alpha value is -3.97. The van der Waals surface area contributed by atoms with Crippen LogP contribution in [0.25, 0.3) is 0 Å².